The second-order valence-electron chi connectivity index (χ2n) is 6.07. The van der Waals surface area contributed by atoms with Crippen LogP contribution in [0, 0.1) is 5.92 Å². The Morgan fingerprint density at radius 2 is 1.82 bits per heavy atom. The van der Waals surface area contributed by atoms with Crippen LogP contribution in [0.15, 0.2) is 48.5 Å². The number of benzene rings is 2. The van der Waals surface area contributed by atoms with E-state index in [2.05, 4.69) is 12.1 Å². The summed E-state index contributed by atoms with van der Waals surface area (Å²) < 4.78 is 0. The van der Waals surface area contributed by atoms with Crippen molar-refractivity contribution in [3.63, 3.8) is 0 Å². The molecule has 0 bridgehead atoms. The Morgan fingerprint density at radius 1 is 1.05 bits per heavy atom. The maximum Gasteiger partial charge on any atom is 0.136 e. The SMILES string of the molecule is O=C1CCC(c2ccc(O)cc2O)CC1Cc1ccccc1. The van der Waals surface area contributed by atoms with Gasteiger partial charge in [0.1, 0.15) is 17.3 Å². The Bertz CT molecular complexity index is 664. The van der Waals surface area contributed by atoms with Gasteiger partial charge in [-0.1, -0.05) is 36.4 Å². The van der Waals surface area contributed by atoms with Gasteiger partial charge in [-0.25, -0.2) is 0 Å². The Morgan fingerprint density at radius 3 is 2.55 bits per heavy atom. The van der Waals surface area contributed by atoms with Crippen LogP contribution in [0.25, 0.3) is 0 Å². The highest BCUT2D eigenvalue weighted by atomic mass is 16.3. The summed E-state index contributed by atoms with van der Waals surface area (Å²) in [6.45, 7) is 0. The summed E-state index contributed by atoms with van der Waals surface area (Å²) in [5.41, 5.74) is 2.01. The first kappa shape index (κ1) is 14.6. The minimum absolute atomic E-state index is 0.00866. The summed E-state index contributed by atoms with van der Waals surface area (Å²) in [5.74, 6) is 0.687. The molecule has 0 saturated heterocycles. The molecule has 0 heterocycles. The molecule has 2 aromatic carbocycles. The molecule has 0 radical (unpaired) electrons. The Balaban J connectivity index is 1.77. The average Bonchev–Trinajstić information content (AvgIpc) is 2.51. The van der Waals surface area contributed by atoms with Gasteiger partial charge >= 0.3 is 0 Å². The van der Waals surface area contributed by atoms with E-state index in [0.717, 1.165) is 24.8 Å². The van der Waals surface area contributed by atoms with Crippen LogP contribution in [0.5, 0.6) is 11.5 Å². The monoisotopic (exact) mass is 296 g/mol. The number of phenols is 2. The van der Waals surface area contributed by atoms with E-state index >= 15 is 0 Å². The number of carbonyl (C=O) groups is 1. The first-order chi connectivity index (χ1) is 10.6. The first-order valence-corrected chi connectivity index (χ1v) is 7.72. The van der Waals surface area contributed by atoms with Crippen LogP contribution >= 0.6 is 0 Å². The fourth-order valence-electron chi connectivity index (χ4n) is 3.37. The number of aromatic hydroxyl groups is 2. The van der Waals surface area contributed by atoms with E-state index < -0.39 is 0 Å². The largest absolute Gasteiger partial charge is 0.508 e. The van der Waals surface area contributed by atoms with Crippen LogP contribution < -0.4 is 0 Å². The molecule has 1 fully saturated rings. The van der Waals surface area contributed by atoms with E-state index in [1.54, 1.807) is 12.1 Å². The van der Waals surface area contributed by atoms with Crippen molar-refractivity contribution in [2.45, 2.75) is 31.6 Å². The van der Waals surface area contributed by atoms with E-state index in [1.807, 2.05) is 18.2 Å². The number of carbonyl (C=O) groups excluding carboxylic acids is 1. The molecule has 2 atom stereocenters. The highest BCUT2D eigenvalue weighted by Crippen LogP contribution is 2.40. The lowest BCUT2D eigenvalue weighted by Gasteiger charge is -2.29. The predicted octanol–water partition coefficient (Wildman–Crippen LogP) is 3.79. The summed E-state index contributed by atoms with van der Waals surface area (Å²) in [6, 6.07) is 14.8. The normalized spacial score (nSPS) is 21.7. The number of hydrogen-bond acceptors (Lipinski definition) is 3. The highest BCUT2D eigenvalue weighted by molar-refractivity contribution is 5.82. The van der Waals surface area contributed by atoms with Crippen molar-refractivity contribution >= 4 is 5.78 Å². The van der Waals surface area contributed by atoms with Gasteiger partial charge in [0.15, 0.2) is 0 Å². The van der Waals surface area contributed by atoms with Crippen molar-refractivity contribution in [2.24, 2.45) is 5.92 Å². The fraction of sp³-hybridized carbons (Fsp3) is 0.316. The first-order valence-electron chi connectivity index (χ1n) is 7.72. The number of rotatable bonds is 3. The topological polar surface area (TPSA) is 57.5 Å². The highest BCUT2D eigenvalue weighted by Gasteiger charge is 2.30. The molecule has 3 nitrogen and oxygen atoms in total. The van der Waals surface area contributed by atoms with Crippen LogP contribution in [0.1, 0.15) is 36.3 Å². The van der Waals surface area contributed by atoms with E-state index in [9.17, 15) is 15.0 Å². The molecule has 0 spiro atoms. The van der Waals surface area contributed by atoms with E-state index in [1.165, 1.54) is 11.6 Å². The standard InChI is InChI=1S/C19H20O3/c20-16-7-8-17(19(22)12-16)14-6-9-18(21)15(11-14)10-13-4-2-1-3-5-13/h1-5,7-8,12,14-15,20,22H,6,9-11H2. The predicted molar refractivity (Wildman–Crippen MR) is 85.0 cm³/mol. The molecule has 2 unspecified atom stereocenters. The zero-order valence-electron chi connectivity index (χ0n) is 12.4. The lowest BCUT2D eigenvalue weighted by Crippen LogP contribution is -2.25. The van der Waals surface area contributed by atoms with Gasteiger partial charge in [0, 0.05) is 18.4 Å². The van der Waals surface area contributed by atoms with Gasteiger partial charge in [-0.3, -0.25) is 4.79 Å². The van der Waals surface area contributed by atoms with E-state index in [-0.39, 0.29) is 23.3 Å². The third-order valence-corrected chi connectivity index (χ3v) is 4.54. The maximum absolute atomic E-state index is 12.2. The van der Waals surface area contributed by atoms with Crippen molar-refractivity contribution in [3.05, 3.63) is 59.7 Å². The summed E-state index contributed by atoms with van der Waals surface area (Å²) in [7, 11) is 0. The van der Waals surface area contributed by atoms with E-state index in [4.69, 9.17) is 0 Å². The Labute approximate surface area is 130 Å². The molecule has 1 aliphatic rings. The quantitative estimate of drug-likeness (QED) is 0.906. The molecule has 0 amide bonds. The van der Waals surface area contributed by atoms with Gasteiger partial charge in [-0.05, 0) is 42.4 Å². The third-order valence-electron chi connectivity index (χ3n) is 4.54. The minimum atomic E-state index is 0.00866. The summed E-state index contributed by atoms with van der Waals surface area (Å²) >= 11 is 0. The number of Topliss-reactive ketones (excluding diaryl/α,β-unsaturated/α-hetero) is 1. The molecule has 0 aliphatic heterocycles. The lowest BCUT2D eigenvalue weighted by atomic mass is 9.75. The van der Waals surface area contributed by atoms with Gasteiger partial charge in [0.05, 0.1) is 0 Å². The lowest BCUT2D eigenvalue weighted by molar-refractivity contribution is -0.124. The zero-order valence-corrected chi connectivity index (χ0v) is 12.4. The molecule has 0 aromatic heterocycles. The number of phenolic OH excluding ortho intramolecular Hbond substituents is 2. The van der Waals surface area contributed by atoms with Crippen molar-refractivity contribution in [1.82, 2.24) is 0 Å². The van der Waals surface area contributed by atoms with Crippen LogP contribution in [-0.2, 0) is 11.2 Å². The van der Waals surface area contributed by atoms with Gasteiger partial charge < -0.3 is 10.2 Å². The van der Waals surface area contributed by atoms with Crippen molar-refractivity contribution < 1.29 is 15.0 Å². The van der Waals surface area contributed by atoms with Crippen LogP contribution in [0.4, 0.5) is 0 Å². The third kappa shape index (κ3) is 3.14. The average molecular weight is 296 g/mol. The summed E-state index contributed by atoms with van der Waals surface area (Å²) in [6.07, 6.45) is 2.84. The van der Waals surface area contributed by atoms with E-state index in [0.29, 0.717) is 12.2 Å². The molecule has 2 N–H and O–H groups in total. The smallest absolute Gasteiger partial charge is 0.136 e. The molecular weight excluding hydrogens is 276 g/mol. The minimum Gasteiger partial charge on any atom is -0.508 e. The van der Waals surface area contributed by atoms with Crippen molar-refractivity contribution in [3.8, 4) is 11.5 Å². The Hall–Kier alpha value is -2.29. The van der Waals surface area contributed by atoms with Gasteiger partial charge in [-0.15, -0.1) is 0 Å². The second-order valence-corrected chi connectivity index (χ2v) is 6.07. The van der Waals surface area contributed by atoms with Crippen LogP contribution in [0.2, 0.25) is 0 Å². The van der Waals surface area contributed by atoms with Gasteiger partial charge in [0.25, 0.3) is 0 Å². The maximum atomic E-state index is 12.2. The summed E-state index contributed by atoms with van der Waals surface area (Å²) in [5, 5.41) is 19.5. The van der Waals surface area contributed by atoms with Gasteiger partial charge in [0.2, 0.25) is 0 Å². The molecule has 22 heavy (non-hydrogen) atoms. The molecule has 1 aliphatic carbocycles. The van der Waals surface area contributed by atoms with Crippen molar-refractivity contribution in [1.29, 1.82) is 0 Å². The molecular formula is C19H20O3. The zero-order chi connectivity index (χ0) is 15.5. The second kappa shape index (κ2) is 6.22. The Kier molecular flexibility index (Phi) is 4.14. The summed E-state index contributed by atoms with van der Waals surface area (Å²) in [4.78, 5) is 12.2. The molecule has 3 rings (SSSR count). The van der Waals surface area contributed by atoms with Gasteiger partial charge in [-0.2, -0.15) is 0 Å². The van der Waals surface area contributed by atoms with Crippen molar-refractivity contribution in [2.75, 3.05) is 0 Å². The number of ketones is 1. The molecule has 114 valence electrons. The molecule has 2 aromatic rings. The van der Waals surface area contributed by atoms with Crippen LogP contribution in [-0.4, -0.2) is 16.0 Å². The molecule has 3 heteroatoms. The van der Waals surface area contributed by atoms with Crippen LogP contribution in [0.3, 0.4) is 0 Å². The number of hydrogen-bond donors (Lipinski definition) is 2. The fourth-order valence-corrected chi connectivity index (χ4v) is 3.37. The molecule has 1 saturated carbocycles.